The number of carbonyl (C=O) groups excluding carboxylic acids is 3. The summed E-state index contributed by atoms with van der Waals surface area (Å²) in [4.78, 5) is 40.0. The van der Waals surface area contributed by atoms with Crippen LogP contribution in [0.2, 0.25) is 0 Å². The summed E-state index contributed by atoms with van der Waals surface area (Å²) < 4.78 is 16.3. The second-order valence-electron chi connectivity index (χ2n) is 7.12. The lowest BCUT2D eigenvalue weighted by atomic mass is 9.64. The monoisotopic (exact) mass is 404 g/mol. The second kappa shape index (κ2) is 7.07. The number of fused-ring (bicyclic) bond motifs is 1. The van der Waals surface area contributed by atoms with Crippen LogP contribution in [0.4, 0.5) is 0 Å². The first kappa shape index (κ1) is 19.8. The summed E-state index contributed by atoms with van der Waals surface area (Å²) in [5, 5.41) is 0. The van der Waals surface area contributed by atoms with E-state index in [0.717, 1.165) is 0 Å². The summed E-state index contributed by atoms with van der Waals surface area (Å²) in [6, 6.07) is 17.8. The molecule has 0 N–H and O–H groups in total. The lowest BCUT2D eigenvalue weighted by molar-refractivity contribution is -0.161. The molecule has 2 aromatic rings. The van der Waals surface area contributed by atoms with Crippen molar-refractivity contribution in [3.05, 3.63) is 89.5 Å². The molecule has 0 saturated carbocycles. The third-order valence-electron chi connectivity index (χ3n) is 5.81. The molecule has 0 radical (unpaired) electrons. The molecular weight excluding hydrogens is 384 g/mol. The predicted octanol–water partition coefficient (Wildman–Crippen LogP) is 2.84. The van der Waals surface area contributed by atoms with Gasteiger partial charge in [0.25, 0.3) is 0 Å². The summed E-state index contributed by atoms with van der Waals surface area (Å²) in [5.74, 6) is -2.40. The van der Waals surface area contributed by atoms with E-state index in [4.69, 9.17) is 14.2 Å². The molecular formula is C24H20O6. The molecule has 1 fully saturated rings. The molecule has 1 saturated heterocycles. The molecule has 1 aliphatic carbocycles. The van der Waals surface area contributed by atoms with Crippen molar-refractivity contribution in [2.75, 3.05) is 20.8 Å². The molecule has 1 aliphatic heterocycles. The average molecular weight is 404 g/mol. The van der Waals surface area contributed by atoms with Gasteiger partial charge in [-0.15, -0.1) is 0 Å². The number of ketones is 1. The van der Waals surface area contributed by atoms with E-state index in [1.165, 1.54) is 14.2 Å². The first-order chi connectivity index (χ1) is 14.5. The average Bonchev–Trinajstić information content (AvgIpc) is 3.23. The SMILES string of the molecule is C=C1CO[C@]2(c3ccccc3)C(c3ccccc3)=C(C(=O)OC)C(=O)[C@]12C(=O)OC. The second-order valence-corrected chi connectivity index (χ2v) is 7.12. The number of hydrogen-bond acceptors (Lipinski definition) is 6. The van der Waals surface area contributed by atoms with Crippen molar-refractivity contribution >= 4 is 23.3 Å². The normalized spacial score (nSPS) is 25.3. The van der Waals surface area contributed by atoms with Gasteiger partial charge in [-0.25, -0.2) is 4.79 Å². The minimum absolute atomic E-state index is 0.0412. The minimum Gasteiger partial charge on any atom is -0.468 e. The van der Waals surface area contributed by atoms with Crippen molar-refractivity contribution in [3.63, 3.8) is 0 Å². The van der Waals surface area contributed by atoms with Crippen LogP contribution in [0.5, 0.6) is 0 Å². The zero-order valence-corrected chi connectivity index (χ0v) is 16.6. The van der Waals surface area contributed by atoms with Gasteiger partial charge in [-0.3, -0.25) is 9.59 Å². The van der Waals surface area contributed by atoms with Crippen molar-refractivity contribution in [3.8, 4) is 0 Å². The van der Waals surface area contributed by atoms with Gasteiger partial charge in [-0.2, -0.15) is 0 Å². The molecule has 0 amide bonds. The van der Waals surface area contributed by atoms with Crippen molar-refractivity contribution in [2.45, 2.75) is 5.60 Å². The Balaban J connectivity index is 2.20. The van der Waals surface area contributed by atoms with Gasteiger partial charge in [0.05, 0.1) is 20.8 Å². The lowest BCUT2D eigenvalue weighted by Crippen LogP contribution is -2.51. The molecule has 0 unspecified atom stereocenters. The zero-order chi connectivity index (χ0) is 21.5. The maximum atomic E-state index is 13.9. The molecule has 2 aliphatic rings. The van der Waals surface area contributed by atoms with Crippen molar-refractivity contribution in [1.82, 2.24) is 0 Å². The van der Waals surface area contributed by atoms with E-state index in [0.29, 0.717) is 11.1 Å². The maximum Gasteiger partial charge on any atom is 0.341 e. The van der Waals surface area contributed by atoms with Crippen LogP contribution in [0.25, 0.3) is 5.57 Å². The molecule has 0 aromatic heterocycles. The molecule has 1 heterocycles. The van der Waals surface area contributed by atoms with Gasteiger partial charge in [0.1, 0.15) is 11.2 Å². The summed E-state index contributed by atoms with van der Waals surface area (Å²) >= 11 is 0. The summed E-state index contributed by atoms with van der Waals surface area (Å²) in [7, 11) is 2.39. The highest BCUT2D eigenvalue weighted by molar-refractivity contribution is 6.35. The van der Waals surface area contributed by atoms with Crippen molar-refractivity contribution in [1.29, 1.82) is 0 Å². The van der Waals surface area contributed by atoms with Crippen molar-refractivity contribution in [2.24, 2.45) is 5.41 Å². The Kier molecular flexibility index (Phi) is 4.67. The largest absolute Gasteiger partial charge is 0.468 e. The fourth-order valence-corrected chi connectivity index (χ4v) is 4.62. The number of Topliss-reactive ketones (excluding diaryl/α,β-unsaturated/α-hetero) is 1. The number of rotatable bonds is 4. The highest BCUT2D eigenvalue weighted by Gasteiger charge is 2.76. The lowest BCUT2D eigenvalue weighted by Gasteiger charge is -2.38. The van der Waals surface area contributed by atoms with Crippen LogP contribution in [0.15, 0.2) is 78.4 Å². The van der Waals surface area contributed by atoms with Gasteiger partial charge >= 0.3 is 11.9 Å². The highest BCUT2D eigenvalue weighted by Crippen LogP contribution is 2.66. The van der Waals surface area contributed by atoms with Gasteiger partial charge in [0.15, 0.2) is 11.2 Å². The molecule has 152 valence electrons. The minimum atomic E-state index is -1.93. The Morgan fingerprint density at radius 2 is 1.57 bits per heavy atom. The van der Waals surface area contributed by atoms with E-state index in [1.54, 1.807) is 48.5 Å². The summed E-state index contributed by atoms with van der Waals surface area (Å²) in [6.07, 6.45) is 0. The van der Waals surface area contributed by atoms with Gasteiger partial charge in [0, 0.05) is 5.57 Å². The predicted molar refractivity (Wildman–Crippen MR) is 108 cm³/mol. The van der Waals surface area contributed by atoms with Crippen LogP contribution in [-0.4, -0.2) is 38.5 Å². The molecule has 4 rings (SSSR count). The standard InChI is InChI=1S/C24H20O6/c1-15-14-30-24(17-12-8-5-9-13-17)19(16-10-6-4-7-11-16)18(21(26)28-2)20(25)23(15,24)22(27)29-3/h4-13H,1,14H2,2-3H3/t23-,24+/m0/s1. The van der Waals surface area contributed by atoms with Gasteiger partial charge in [0.2, 0.25) is 0 Å². The molecule has 6 nitrogen and oxygen atoms in total. The van der Waals surface area contributed by atoms with Crippen LogP contribution in [-0.2, 0) is 34.2 Å². The summed E-state index contributed by atoms with van der Waals surface area (Å²) in [5.41, 5.74) is -2.17. The van der Waals surface area contributed by atoms with Gasteiger partial charge in [-0.1, -0.05) is 67.2 Å². The van der Waals surface area contributed by atoms with Gasteiger partial charge < -0.3 is 14.2 Å². The number of hydrogen-bond donors (Lipinski definition) is 0. The number of carbonyl (C=O) groups is 3. The van der Waals surface area contributed by atoms with E-state index in [9.17, 15) is 14.4 Å². The smallest absolute Gasteiger partial charge is 0.341 e. The van der Waals surface area contributed by atoms with Crippen molar-refractivity contribution < 1.29 is 28.6 Å². The van der Waals surface area contributed by atoms with Gasteiger partial charge in [-0.05, 0) is 16.7 Å². The van der Waals surface area contributed by atoms with E-state index in [2.05, 4.69) is 6.58 Å². The molecule has 0 bridgehead atoms. The van der Waals surface area contributed by atoms with Crippen LogP contribution >= 0.6 is 0 Å². The number of benzene rings is 2. The third kappa shape index (κ3) is 2.25. The van der Waals surface area contributed by atoms with E-state index >= 15 is 0 Å². The van der Waals surface area contributed by atoms with E-state index in [1.807, 2.05) is 12.1 Å². The Hall–Kier alpha value is -3.51. The molecule has 6 heteroatoms. The number of ether oxygens (including phenoxy) is 3. The fraction of sp³-hybridized carbons (Fsp3) is 0.208. The Morgan fingerprint density at radius 1 is 0.967 bits per heavy atom. The quantitative estimate of drug-likeness (QED) is 0.338. The van der Waals surface area contributed by atoms with Crippen LogP contribution in [0.3, 0.4) is 0 Å². The first-order valence-corrected chi connectivity index (χ1v) is 9.36. The molecule has 30 heavy (non-hydrogen) atoms. The molecule has 0 spiro atoms. The van der Waals surface area contributed by atoms with Crippen LogP contribution in [0, 0.1) is 5.41 Å². The van der Waals surface area contributed by atoms with E-state index in [-0.39, 0.29) is 23.3 Å². The zero-order valence-electron chi connectivity index (χ0n) is 16.6. The Morgan fingerprint density at radius 3 is 2.13 bits per heavy atom. The fourth-order valence-electron chi connectivity index (χ4n) is 4.62. The topological polar surface area (TPSA) is 78.9 Å². The first-order valence-electron chi connectivity index (χ1n) is 9.36. The molecule has 2 aromatic carbocycles. The maximum absolute atomic E-state index is 13.9. The number of methoxy groups -OCH3 is 2. The van der Waals surface area contributed by atoms with Crippen LogP contribution < -0.4 is 0 Å². The summed E-state index contributed by atoms with van der Waals surface area (Å²) in [6.45, 7) is 3.94. The Bertz CT molecular complexity index is 1090. The molecule has 2 atom stereocenters. The Labute approximate surface area is 173 Å². The van der Waals surface area contributed by atoms with Crippen LogP contribution in [0.1, 0.15) is 11.1 Å². The van der Waals surface area contributed by atoms with E-state index < -0.39 is 28.7 Å². The number of esters is 2. The highest BCUT2D eigenvalue weighted by atomic mass is 16.5. The third-order valence-corrected chi connectivity index (χ3v) is 5.81.